The minimum atomic E-state index is 0.513. The molecule has 1 aromatic heterocycles. The number of nitrogens with zero attached hydrogens (tertiary/aromatic N) is 1. The van der Waals surface area contributed by atoms with Gasteiger partial charge in [-0.25, -0.2) is 0 Å². The van der Waals surface area contributed by atoms with Crippen molar-refractivity contribution < 1.29 is 4.90 Å². The molecule has 2 nitrogen and oxygen atoms in total. The second kappa shape index (κ2) is 3.07. The Kier molecular flexibility index (Phi) is 1.92. The zero-order valence-corrected chi connectivity index (χ0v) is 7.20. The summed E-state index contributed by atoms with van der Waals surface area (Å²) in [5, 5.41) is 0. The fraction of sp³-hybridized carbons (Fsp3) is 0.300. The topological polar surface area (TPSA) is 17.3 Å². The maximum Gasteiger partial charge on any atom is 0.134 e. The first-order valence-corrected chi connectivity index (χ1v) is 4.27. The van der Waals surface area contributed by atoms with Gasteiger partial charge in [-0.1, -0.05) is 0 Å². The molecule has 0 radical (unpaired) electrons. The van der Waals surface area contributed by atoms with Gasteiger partial charge in [0.15, 0.2) is 0 Å². The molecule has 0 aliphatic carbocycles. The molecule has 0 bridgehead atoms. The Morgan fingerprint density at radius 1 is 1.58 bits per heavy atom. The third-order valence-corrected chi connectivity index (χ3v) is 2.34. The van der Waals surface area contributed by atoms with Crippen LogP contribution >= 0.6 is 0 Å². The molecule has 0 aromatic carbocycles. The number of quaternary nitrogens is 1. The van der Waals surface area contributed by atoms with Crippen molar-refractivity contribution in [2.45, 2.75) is 6.04 Å². The highest BCUT2D eigenvalue weighted by Crippen LogP contribution is 2.10. The summed E-state index contributed by atoms with van der Waals surface area (Å²) >= 11 is 0. The predicted octanol–water partition coefficient (Wildman–Crippen LogP) is 0.207. The van der Waals surface area contributed by atoms with Crippen LogP contribution in [0.3, 0.4) is 0 Å². The summed E-state index contributed by atoms with van der Waals surface area (Å²) in [6.07, 6.45) is 8.25. The summed E-state index contributed by atoms with van der Waals surface area (Å²) in [7, 11) is 2.21. The molecule has 2 atom stereocenters. The third kappa shape index (κ3) is 1.25. The first kappa shape index (κ1) is 7.50. The van der Waals surface area contributed by atoms with Gasteiger partial charge < -0.3 is 4.90 Å². The number of pyridine rings is 1. The number of hydrogen-bond donors (Lipinski definition) is 1. The summed E-state index contributed by atoms with van der Waals surface area (Å²) in [6.45, 7) is 1.12. The average molecular weight is 161 g/mol. The van der Waals surface area contributed by atoms with E-state index in [9.17, 15) is 0 Å². The summed E-state index contributed by atoms with van der Waals surface area (Å²) in [6, 6.07) is 4.64. The number of hydrogen-bond acceptors (Lipinski definition) is 1. The van der Waals surface area contributed by atoms with E-state index in [1.165, 1.54) is 10.5 Å². The molecule has 2 heterocycles. The van der Waals surface area contributed by atoms with Gasteiger partial charge in [-0.15, -0.1) is 0 Å². The van der Waals surface area contributed by atoms with E-state index in [4.69, 9.17) is 0 Å². The first-order chi connectivity index (χ1) is 5.88. The normalized spacial score (nSPS) is 27.8. The largest absolute Gasteiger partial charge is 0.325 e. The summed E-state index contributed by atoms with van der Waals surface area (Å²) in [4.78, 5) is 5.63. The fourth-order valence-electron chi connectivity index (χ4n) is 1.64. The van der Waals surface area contributed by atoms with Crippen LogP contribution in [0.2, 0.25) is 0 Å². The Hall–Kier alpha value is -1.15. The molecule has 0 saturated carbocycles. The van der Waals surface area contributed by atoms with Crippen molar-refractivity contribution in [1.82, 2.24) is 4.98 Å². The molecule has 1 aliphatic rings. The molecule has 1 N–H and O–H groups in total. The molecular formula is C10H13N2+. The lowest BCUT2D eigenvalue weighted by Crippen LogP contribution is -3.07. The van der Waals surface area contributed by atoms with Crippen molar-refractivity contribution in [3.05, 3.63) is 42.2 Å². The van der Waals surface area contributed by atoms with Gasteiger partial charge >= 0.3 is 0 Å². The minimum absolute atomic E-state index is 0.513. The van der Waals surface area contributed by atoms with Crippen LogP contribution in [-0.4, -0.2) is 18.6 Å². The second-order valence-electron chi connectivity index (χ2n) is 3.24. The zero-order valence-electron chi connectivity index (χ0n) is 7.20. The van der Waals surface area contributed by atoms with E-state index in [-0.39, 0.29) is 0 Å². The molecule has 2 heteroatoms. The highest BCUT2D eigenvalue weighted by Gasteiger charge is 2.20. The molecule has 1 aliphatic heterocycles. The monoisotopic (exact) mass is 161 g/mol. The SMILES string of the molecule is C[NH+]1CC=CC1c1cccnc1. The third-order valence-electron chi connectivity index (χ3n) is 2.34. The Morgan fingerprint density at radius 3 is 3.08 bits per heavy atom. The molecule has 0 saturated heterocycles. The lowest BCUT2D eigenvalue weighted by Gasteiger charge is -2.15. The zero-order chi connectivity index (χ0) is 8.39. The summed E-state index contributed by atoms with van der Waals surface area (Å²) in [5.41, 5.74) is 1.31. The quantitative estimate of drug-likeness (QED) is 0.583. The minimum Gasteiger partial charge on any atom is -0.325 e. The molecular weight excluding hydrogens is 148 g/mol. The molecule has 12 heavy (non-hydrogen) atoms. The van der Waals surface area contributed by atoms with Crippen molar-refractivity contribution in [3.63, 3.8) is 0 Å². The Labute approximate surface area is 72.5 Å². The lowest BCUT2D eigenvalue weighted by atomic mass is 10.1. The number of rotatable bonds is 1. The van der Waals surface area contributed by atoms with Gasteiger partial charge in [0.1, 0.15) is 6.04 Å². The van der Waals surface area contributed by atoms with Crippen LogP contribution in [0.15, 0.2) is 36.7 Å². The van der Waals surface area contributed by atoms with Gasteiger partial charge in [-0.2, -0.15) is 0 Å². The van der Waals surface area contributed by atoms with Crippen LogP contribution < -0.4 is 4.90 Å². The molecule has 0 amide bonds. The van der Waals surface area contributed by atoms with Crippen LogP contribution in [-0.2, 0) is 0 Å². The van der Waals surface area contributed by atoms with Crippen molar-refractivity contribution in [3.8, 4) is 0 Å². The Morgan fingerprint density at radius 2 is 2.50 bits per heavy atom. The van der Waals surface area contributed by atoms with E-state index < -0.39 is 0 Å². The van der Waals surface area contributed by atoms with Crippen molar-refractivity contribution >= 4 is 0 Å². The maximum absolute atomic E-state index is 4.12. The highest BCUT2D eigenvalue weighted by molar-refractivity contribution is 5.18. The van der Waals surface area contributed by atoms with Crippen LogP contribution in [0.4, 0.5) is 0 Å². The Balaban J connectivity index is 2.25. The van der Waals surface area contributed by atoms with Crippen LogP contribution in [0.1, 0.15) is 11.6 Å². The van der Waals surface area contributed by atoms with Gasteiger partial charge in [-0.05, 0) is 24.3 Å². The number of aromatic nitrogens is 1. The van der Waals surface area contributed by atoms with Crippen molar-refractivity contribution in [2.75, 3.05) is 13.6 Å². The van der Waals surface area contributed by atoms with Crippen LogP contribution in [0, 0.1) is 0 Å². The van der Waals surface area contributed by atoms with Gasteiger partial charge in [-0.3, -0.25) is 4.98 Å². The van der Waals surface area contributed by atoms with E-state index in [2.05, 4.69) is 30.3 Å². The summed E-state index contributed by atoms with van der Waals surface area (Å²) < 4.78 is 0. The lowest BCUT2D eigenvalue weighted by molar-refractivity contribution is -0.893. The van der Waals surface area contributed by atoms with Gasteiger partial charge in [0, 0.05) is 18.0 Å². The Bertz CT molecular complexity index is 279. The molecule has 62 valence electrons. The van der Waals surface area contributed by atoms with Crippen molar-refractivity contribution in [1.29, 1.82) is 0 Å². The van der Waals surface area contributed by atoms with E-state index in [0.717, 1.165) is 6.54 Å². The predicted molar refractivity (Wildman–Crippen MR) is 47.9 cm³/mol. The maximum atomic E-state index is 4.12. The molecule has 0 spiro atoms. The highest BCUT2D eigenvalue weighted by atomic mass is 15.1. The smallest absolute Gasteiger partial charge is 0.134 e. The summed E-state index contributed by atoms with van der Waals surface area (Å²) in [5.74, 6) is 0. The standard InChI is InChI=1S/C10H12N2/c1-12-7-3-5-10(12)9-4-2-6-11-8-9/h2-6,8,10H,7H2,1H3/p+1. The average Bonchev–Trinajstić information content (AvgIpc) is 2.53. The van der Waals surface area contributed by atoms with Crippen LogP contribution in [0.25, 0.3) is 0 Å². The van der Waals surface area contributed by atoms with E-state index >= 15 is 0 Å². The molecule has 0 fully saturated rings. The first-order valence-electron chi connectivity index (χ1n) is 4.27. The van der Waals surface area contributed by atoms with E-state index in [0.29, 0.717) is 6.04 Å². The number of likely N-dealkylation sites (N-methyl/N-ethyl adjacent to an activating group) is 1. The number of nitrogens with one attached hydrogen (secondary N) is 1. The van der Waals surface area contributed by atoms with Crippen LogP contribution in [0.5, 0.6) is 0 Å². The fourth-order valence-corrected chi connectivity index (χ4v) is 1.64. The molecule has 2 rings (SSSR count). The van der Waals surface area contributed by atoms with Gasteiger partial charge in [0.05, 0.1) is 13.6 Å². The van der Waals surface area contributed by atoms with Gasteiger partial charge in [0.25, 0.3) is 0 Å². The van der Waals surface area contributed by atoms with Crippen molar-refractivity contribution in [2.24, 2.45) is 0 Å². The molecule has 2 unspecified atom stereocenters. The molecule has 1 aromatic rings. The second-order valence-corrected chi connectivity index (χ2v) is 3.24. The van der Waals surface area contributed by atoms with E-state index in [1.54, 1.807) is 0 Å². The van der Waals surface area contributed by atoms with Gasteiger partial charge in [0.2, 0.25) is 0 Å². The van der Waals surface area contributed by atoms with E-state index in [1.807, 2.05) is 18.5 Å².